The molecule has 3 rings (SSSR count). The Labute approximate surface area is 157 Å². The molecule has 5 heteroatoms. The molecule has 1 aliphatic rings. The number of amides is 1. The van der Waals surface area contributed by atoms with E-state index in [9.17, 15) is 4.79 Å². The Kier molecular flexibility index (Phi) is 6.10. The molecule has 0 aromatic heterocycles. The number of ether oxygens (including phenoxy) is 1. The minimum Gasteiger partial charge on any atom is -0.496 e. The highest BCUT2D eigenvalue weighted by Crippen LogP contribution is 2.25. The van der Waals surface area contributed by atoms with E-state index in [1.807, 2.05) is 0 Å². The number of hydrogen-bond donors (Lipinski definition) is 1. The van der Waals surface area contributed by atoms with Gasteiger partial charge >= 0.3 is 0 Å². The highest BCUT2D eigenvalue weighted by Gasteiger charge is 2.12. The van der Waals surface area contributed by atoms with Crippen LogP contribution in [0.3, 0.4) is 0 Å². The molecule has 1 saturated heterocycles. The van der Waals surface area contributed by atoms with Crippen LogP contribution in [0.1, 0.15) is 34.3 Å². The number of methoxy groups -OCH3 is 1. The van der Waals surface area contributed by atoms with Gasteiger partial charge in [-0.15, -0.1) is 0 Å². The number of rotatable bonds is 6. The molecule has 4 nitrogen and oxygen atoms in total. The molecule has 0 radical (unpaired) electrons. The summed E-state index contributed by atoms with van der Waals surface area (Å²) >= 11 is 3.41. The minimum atomic E-state index is -0.0931. The van der Waals surface area contributed by atoms with E-state index in [0.29, 0.717) is 17.9 Å². The molecule has 0 saturated carbocycles. The smallest absolute Gasteiger partial charge is 0.251 e. The maximum Gasteiger partial charge on any atom is 0.251 e. The summed E-state index contributed by atoms with van der Waals surface area (Å²) in [5, 5.41) is 2.96. The van der Waals surface area contributed by atoms with Gasteiger partial charge in [-0.3, -0.25) is 9.69 Å². The molecule has 1 N–H and O–H groups in total. The summed E-state index contributed by atoms with van der Waals surface area (Å²) in [7, 11) is 1.60. The number of nitrogens with one attached hydrogen (secondary N) is 1. The quantitative estimate of drug-likeness (QED) is 0.793. The Morgan fingerprint density at radius 2 is 1.80 bits per heavy atom. The van der Waals surface area contributed by atoms with Gasteiger partial charge in [-0.25, -0.2) is 0 Å². The normalized spacial score (nSPS) is 14.5. The number of nitrogens with zero attached hydrogens (tertiary/aromatic N) is 1. The zero-order chi connectivity index (χ0) is 17.6. The lowest BCUT2D eigenvalue weighted by Gasteiger charge is -2.14. The van der Waals surface area contributed by atoms with Gasteiger partial charge in [0.25, 0.3) is 5.91 Å². The van der Waals surface area contributed by atoms with Crippen LogP contribution in [-0.4, -0.2) is 31.0 Å². The van der Waals surface area contributed by atoms with Gasteiger partial charge in [-0.2, -0.15) is 0 Å². The average Bonchev–Trinajstić information content (AvgIpc) is 3.14. The van der Waals surface area contributed by atoms with Gasteiger partial charge in [-0.1, -0.05) is 24.3 Å². The second kappa shape index (κ2) is 8.50. The first-order chi connectivity index (χ1) is 12.2. The SMILES string of the molecule is COc1ccc(C(=O)NCc2ccc(CN3CCCC3)cc2)cc1Br. The van der Waals surface area contributed by atoms with Crippen LogP contribution in [0.4, 0.5) is 0 Å². The Balaban J connectivity index is 1.53. The molecule has 1 amide bonds. The van der Waals surface area contributed by atoms with Crippen LogP contribution in [0.25, 0.3) is 0 Å². The number of hydrogen-bond acceptors (Lipinski definition) is 3. The van der Waals surface area contributed by atoms with Gasteiger partial charge in [0.2, 0.25) is 0 Å². The second-order valence-corrected chi connectivity index (χ2v) is 7.19. The third-order valence-corrected chi connectivity index (χ3v) is 5.11. The number of carbonyl (C=O) groups excluding carboxylic acids is 1. The van der Waals surface area contributed by atoms with Crippen molar-refractivity contribution < 1.29 is 9.53 Å². The molecule has 0 unspecified atom stereocenters. The molecule has 1 aliphatic heterocycles. The van der Waals surface area contributed by atoms with Gasteiger partial charge in [0.1, 0.15) is 5.75 Å². The minimum absolute atomic E-state index is 0.0931. The van der Waals surface area contributed by atoms with Crippen molar-refractivity contribution >= 4 is 21.8 Å². The first kappa shape index (κ1) is 18.0. The average molecular weight is 403 g/mol. The Morgan fingerprint density at radius 3 is 2.44 bits per heavy atom. The zero-order valence-corrected chi connectivity index (χ0v) is 16.0. The highest BCUT2D eigenvalue weighted by molar-refractivity contribution is 9.10. The lowest BCUT2D eigenvalue weighted by atomic mass is 10.1. The molecule has 2 aromatic carbocycles. The standard InChI is InChI=1S/C20H23BrN2O2/c1-25-19-9-8-17(12-18(19)21)20(24)22-13-15-4-6-16(7-5-15)14-23-10-2-3-11-23/h4-9,12H,2-3,10-11,13-14H2,1H3,(H,22,24). The lowest BCUT2D eigenvalue weighted by molar-refractivity contribution is 0.0951. The first-order valence-corrected chi connectivity index (χ1v) is 9.37. The van der Waals surface area contributed by atoms with Crippen molar-refractivity contribution in [1.29, 1.82) is 0 Å². The Hall–Kier alpha value is -1.85. The van der Waals surface area contributed by atoms with Crippen molar-refractivity contribution in [2.45, 2.75) is 25.9 Å². The predicted octanol–water partition coefficient (Wildman–Crippen LogP) is 3.98. The van der Waals surface area contributed by atoms with E-state index in [2.05, 4.69) is 50.4 Å². The van der Waals surface area contributed by atoms with Crippen molar-refractivity contribution in [2.75, 3.05) is 20.2 Å². The molecule has 2 aromatic rings. The van der Waals surface area contributed by atoms with Crippen molar-refractivity contribution in [3.8, 4) is 5.75 Å². The van der Waals surface area contributed by atoms with Crippen LogP contribution in [0.15, 0.2) is 46.9 Å². The summed E-state index contributed by atoms with van der Waals surface area (Å²) in [5.74, 6) is 0.620. The Morgan fingerprint density at radius 1 is 1.12 bits per heavy atom. The second-order valence-electron chi connectivity index (χ2n) is 6.33. The van der Waals surface area contributed by atoms with Crippen LogP contribution >= 0.6 is 15.9 Å². The van der Waals surface area contributed by atoms with E-state index in [4.69, 9.17) is 4.74 Å². The third-order valence-electron chi connectivity index (χ3n) is 4.49. The van der Waals surface area contributed by atoms with Crippen LogP contribution in [-0.2, 0) is 13.1 Å². The summed E-state index contributed by atoms with van der Waals surface area (Å²) in [5.41, 5.74) is 3.04. The molecule has 1 heterocycles. The molecular weight excluding hydrogens is 380 g/mol. The van der Waals surface area contributed by atoms with Crippen LogP contribution in [0.5, 0.6) is 5.75 Å². The number of likely N-dealkylation sites (tertiary alicyclic amines) is 1. The summed E-state index contributed by atoms with van der Waals surface area (Å²) in [4.78, 5) is 14.8. The maximum atomic E-state index is 12.3. The van der Waals surface area contributed by atoms with Crippen LogP contribution in [0, 0.1) is 0 Å². The van der Waals surface area contributed by atoms with Crippen molar-refractivity contribution in [2.24, 2.45) is 0 Å². The van der Waals surface area contributed by atoms with E-state index in [1.54, 1.807) is 25.3 Å². The fraction of sp³-hybridized carbons (Fsp3) is 0.350. The molecule has 0 spiro atoms. The number of carbonyl (C=O) groups is 1. The fourth-order valence-corrected chi connectivity index (χ4v) is 3.59. The topological polar surface area (TPSA) is 41.6 Å². The van der Waals surface area contributed by atoms with E-state index in [1.165, 1.54) is 31.5 Å². The Bertz CT molecular complexity index is 725. The summed E-state index contributed by atoms with van der Waals surface area (Å²) < 4.78 is 5.96. The summed E-state index contributed by atoms with van der Waals surface area (Å²) in [6, 6.07) is 13.8. The van der Waals surface area contributed by atoms with Gasteiger partial charge < -0.3 is 10.1 Å². The van der Waals surface area contributed by atoms with Crippen molar-refractivity contribution in [1.82, 2.24) is 10.2 Å². The molecule has 0 bridgehead atoms. The molecule has 132 valence electrons. The molecular formula is C20H23BrN2O2. The molecule has 25 heavy (non-hydrogen) atoms. The highest BCUT2D eigenvalue weighted by atomic mass is 79.9. The summed E-state index contributed by atoms with van der Waals surface area (Å²) in [6.45, 7) is 3.95. The number of halogens is 1. The van der Waals surface area contributed by atoms with E-state index >= 15 is 0 Å². The molecule has 0 aliphatic carbocycles. The predicted molar refractivity (Wildman–Crippen MR) is 103 cm³/mol. The fourth-order valence-electron chi connectivity index (χ4n) is 3.05. The first-order valence-electron chi connectivity index (χ1n) is 8.57. The summed E-state index contributed by atoms with van der Waals surface area (Å²) in [6.07, 6.45) is 2.62. The van der Waals surface area contributed by atoms with E-state index in [-0.39, 0.29) is 5.91 Å². The van der Waals surface area contributed by atoms with Crippen LogP contribution in [0.2, 0.25) is 0 Å². The third kappa shape index (κ3) is 4.83. The maximum absolute atomic E-state index is 12.3. The number of benzene rings is 2. The van der Waals surface area contributed by atoms with E-state index < -0.39 is 0 Å². The van der Waals surface area contributed by atoms with Crippen molar-refractivity contribution in [3.63, 3.8) is 0 Å². The monoisotopic (exact) mass is 402 g/mol. The molecule has 1 fully saturated rings. The van der Waals surface area contributed by atoms with Gasteiger partial charge in [0.05, 0.1) is 11.6 Å². The van der Waals surface area contributed by atoms with Crippen LogP contribution < -0.4 is 10.1 Å². The molecule has 0 atom stereocenters. The zero-order valence-electron chi connectivity index (χ0n) is 14.4. The lowest BCUT2D eigenvalue weighted by Crippen LogP contribution is -2.23. The largest absolute Gasteiger partial charge is 0.496 e. The van der Waals surface area contributed by atoms with Crippen molar-refractivity contribution in [3.05, 3.63) is 63.6 Å². The van der Waals surface area contributed by atoms with Gasteiger partial charge in [0.15, 0.2) is 0 Å². The van der Waals surface area contributed by atoms with Gasteiger partial charge in [0, 0.05) is 18.7 Å². The van der Waals surface area contributed by atoms with Gasteiger partial charge in [-0.05, 0) is 71.2 Å². The van der Waals surface area contributed by atoms with E-state index in [0.717, 1.165) is 16.6 Å².